The molecular weight excluding hydrogens is 292 g/mol. The Labute approximate surface area is 137 Å². The third-order valence-corrected chi connectivity index (χ3v) is 4.29. The van der Waals surface area contributed by atoms with Gasteiger partial charge in [0, 0.05) is 18.5 Å². The first-order valence-corrected chi connectivity index (χ1v) is 8.08. The molecule has 1 heterocycles. The second kappa shape index (κ2) is 6.71. The van der Waals surface area contributed by atoms with E-state index in [2.05, 4.69) is 5.32 Å². The van der Waals surface area contributed by atoms with Crippen molar-refractivity contribution in [1.82, 2.24) is 4.90 Å². The summed E-state index contributed by atoms with van der Waals surface area (Å²) in [7, 11) is 0. The van der Waals surface area contributed by atoms with E-state index >= 15 is 0 Å². The van der Waals surface area contributed by atoms with Crippen LogP contribution >= 0.6 is 0 Å². The van der Waals surface area contributed by atoms with Crippen LogP contribution in [0, 0.1) is 11.3 Å². The van der Waals surface area contributed by atoms with E-state index in [4.69, 9.17) is 0 Å². The fraction of sp³-hybridized carbons (Fsp3) is 0.556. The quantitative estimate of drug-likeness (QED) is 0.880. The lowest BCUT2D eigenvalue weighted by atomic mass is 9.94. The maximum Gasteiger partial charge on any atom is 0.256 e. The van der Waals surface area contributed by atoms with E-state index in [9.17, 15) is 14.7 Å². The second-order valence-electron chi connectivity index (χ2n) is 7.33. The number of rotatable bonds is 2. The molecule has 2 atom stereocenters. The minimum atomic E-state index is -0.535. The third kappa shape index (κ3) is 4.10. The summed E-state index contributed by atoms with van der Waals surface area (Å²) in [6, 6.07) is 7.02. The van der Waals surface area contributed by atoms with E-state index < -0.39 is 11.5 Å². The maximum atomic E-state index is 12.8. The van der Waals surface area contributed by atoms with Crippen LogP contribution in [0.3, 0.4) is 0 Å². The molecular formula is C18H26N2O3. The summed E-state index contributed by atoms with van der Waals surface area (Å²) in [6.07, 6.45) is 0.285. The number of nitrogens with one attached hydrogen (secondary N) is 1. The highest BCUT2D eigenvalue weighted by Gasteiger charge is 2.29. The van der Waals surface area contributed by atoms with E-state index in [1.807, 2.05) is 27.7 Å². The molecule has 2 amide bonds. The van der Waals surface area contributed by atoms with Crippen LogP contribution in [0.4, 0.5) is 5.69 Å². The van der Waals surface area contributed by atoms with Crippen molar-refractivity contribution < 1.29 is 14.7 Å². The zero-order chi connectivity index (χ0) is 17.2. The number of anilines is 1. The van der Waals surface area contributed by atoms with Gasteiger partial charge in [0.15, 0.2) is 0 Å². The van der Waals surface area contributed by atoms with Crippen molar-refractivity contribution in [2.24, 2.45) is 11.3 Å². The number of likely N-dealkylation sites (tertiary alicyclic amines) is 1. The highest BCUT2D eigenvalue weighted by molar-refractivity contribution is 6.04. The van der Waals surface area contributed by atoms with Crippen LogP contribution in [0.2, 0.25) is 0 Å². The average Bonchev–Trinajstić information content (AvgIpc) is 2.49. The number of carbonyl (C=O) groups excluding carboxylic acids is 2. The molecule has 1 fully saturated rings. The zero-order valence-electron chi connectivity index (χ0n) is 14.3. The van der Waals surface area contributed by atoms with Crippen LogP contribution in [0.1, 0.15) is 44.5 Å². The molecule has 0 bridgehead atoms. The molecule has 1 saturated heterocycles. The van der Waals surface area contributed by atoms with E-state index in [-0.39, 0.29) is 17.7 Å². The van der Waals surface area contributed by atoms with Crippen LogP contribution in [0.5, 0.6) is 0 Å². The molecule has 0 spiro atoms. The van der Waals surface area contributed by atoms with Crippen molar-refractivity contribution in [1.29, 1.82) is 0 Å². The van der Waals surface area contributed by atoms with Crippen LogP contribution in [-0.4, -0.2) is 41.0 Å². The Kier molecular flexibility index (Phi) is 5.09. The molecule has 0 saturated carbocycles. The Hall–Kier alpha value is -1.88. The van der Waals surface area contributed by atoms with E-state index in [1.54, 1.807) is 29.2 Å². The fourth-order valence-corrected chi connectivity index (χ4v) is 2.49. The molecule has 0 aliphatic carbocycles. The number of aliphatic hydroxyl groups is 1. The van der Waals surface area contributed by atoms with Gasteiger partial charge in [-0.05, 0) is 24.5 Å². The van der Waals surface area contributed by atoms with Gasteiger partial charge in [-0.25, -0.2) is 0 Å². The monoisotopic (exact) mass is 318 g/mol. The number of hydrogen-bond donors (Lipinski definition) is 2. The maximum absolute atomic E-state index is 12.8. The summed E-state index contributed by atoms with van der Waals surface area (Å²) in [4.78, 5) is 26.6. The Morgan fingerprint density at radius 2 is 1.91 bits per heavy atom. The predicted molar refractivity (Wildman–Crippen MR) is 90.2 cm³/mol. The number of carbonyl (C=O) groups is 2. The van der Waals surface area contributed by atoms with Gasteiger partial charge in [-0.2, -0.15) is 0 Å². The van der Waals surface area contributed by atoms with Crippen LogP contribution < -0.4 is 5.32 Å². The standard InChI is InChI=1S/C18H26N2O3/c1-12-9-10-20(11-15(12)21)16(22)13-7-5-6-8-14(13)19-17(23)18(2,3)4/h5-8,12,15,21H,9-11H2,1-4H3,(H,19,23). The molecule has 126 valence electrons. The van der Waals surface area contributed by atoms with Crippen molar-refractivity contribution in [3.8, 4) is 0 Å². The van der Waals surface area contributed by atoms with Gasteiger partial charge in [0.2, 0.25) is 5.91 Å². The van der Waals surface area contributed by atoms with Crippen molar-refractivity contribution in [2.75, 3.05) is 18.4 Å². The van der Waals surface area contributed by atoms with Gasteiger partial charge in [0.25, 0.3) is 5.91 Å². The predicted octanol–water partition coefficient (Wildman–Crippen LogP) is 2.51. The molecule has 2 N–H and O–H groups in total. The summed E-state index contributed by atoms with van der Waals surface area (Å²) >= 11 is 0. The molecule has 1 aliphatic rings. The Morgan fingerprint density at radius 1 is 1.26 bits per heavy atom. The van der Waals surface area contributed by atoms with Crippen LogP contribution in [0.25, 0.3) is 0 Å². The lowest BCUT2D eigenvalue weighted by Gasteiger charge is -2.34. The number of nitrogens with zero attached hydrogens (tertiary/aromatic N) is 1. The minimum absolute atomic E-state index is 0.134. The largest absolute Gasteiger partial charge is 0.391 e. The number of para-hydroxylation sites is 1. The summed E-state index contributed by atoms with van der Waals surface area (Å²) < 4.78 is 0. The molecule has 1 aromatic rings. The number of β-amino-alcohol motifs (C(OH)–C–C–N with tert-alkyl or cyclic N) is 1. The molecule has 0 aromatic heterocycles. The molecule has 1 aromatic carbocycles. The van der Waals surface area contributed by atoms with Crippen molar-refractivity contribution in [2.45, 2.75) is 40.2 Å². The molecule has 23 heavy (non-hydrogen) atoms. The van der Waals surface area contributed by atoms with Gasteiger partial charge in [-0.1, -0.05) is 39.8 Å². The third-order valence-electron chi connectivity index (χ3n) is 4.29. The second-order valence-corrected chi connectivity index (χ2v) is 7.33. The lowest BCUT2D eigenvalue weighted by Crippen LogP contribution is -2.46. The minimum Gasteiger partial charge on any atom is -0.391 e. The highest BCUT2D eigenvalue weighted by Crippen LogP contribution is 2.24. The van der Waals surface area contributed by atoms with E-state index in [1.165, 1.54) is 0 Å². The van der Waals surface area contributed by atoms with Gasteiger partial charge < -0.3 is 15.3 Å². The van der Waals surface area contributed by atoms with Crippen molar-refractivity contribution in [3.63, 3.8) is 0 Å². The molecule has 1 aliphatic heterocycles. The van der Waals surface area contributed by atoms with Gasteiger partial charge >= 0.3 is 0 Å². The van der Waals surface area contributed by atoms with E-state index in [0.29, 0.717) is 24.3 Å². The lowest BCUT2D eigenvalue weighted by molar-refractivity contribution is -0.123. The normalized spacial score (nSPS) is 21.9. The number of benzene rings is 1. The first-order valence-electron chi connectivity index (χ1n) is 8.08. The fourth-order valence-electron chi connectivity index (χ4n) is 2.49. The van der Waals surface area contributed by atoms with Gasteiger partial charge in [-0.3, -0.25) is 9.59 Å². The first kappa shape index (κ1) is 17.5. The van der Waals surface area contributed by atoms with Crippen molar-refractivity contribution in [3.05, 3.63) is 29.8 Å². The Morgan fingerprint density at radius 3 is 2.52 bits per heavy atom. The molecule has 5 nitrogen and oxygen atoms in total. The summed E-state index contributed by atoms with van der Waals surface area (Å²) in [6.45, 7) is 8.43. The highest BCUT2D eigenvalue weighted by atomic mass is 16.3. The van der Waals surface area contributed by atoms with Crippen LogP contribution in [-0.2, 0) is 4.79 Å². The summed E-state index contributed by atoms with van der Waals surface area (Å²) in [5, 5.41) is 12.8. The number of aliphatic hydroxyl groups excluding tert-OH is 1. The molecule has 2 unspecified atom stereocenters. The van der Waals surface area contributed by atoms with Gasteiger partial charge in [0.1, 0.15) is 0 Å². The first-order chi connectivity index (χ1) is 10.7. The van der Waals surface area contributed by atoms with Crippen LogP contribution in [0.15, 0.2) is 24.3 Å². The van der Waals surface area contributed by atoms with Gasteiger partial charge in [-0.15, -0.1) is 0 Å². The number of amides is 2. The SMILES string of the molecule is CC1CCN(C(=O)c2ccccc2NC(=O)C(C)(C)C)CC1O. The smallest absolute Gasteiger partial charge is 0.256 e. The number of piperidine rings is 1. The van der Waals surface area contributed by atoms with E-state index in [0.717, 1.165) is 6.42 Å². The summed E-state index contributed by atoms with van der Waals surface area (Å²) in [5.74, 6) is -0.0827. The molecule has 0 radical (unpaired) electrons. The molecule has 2 rings (SSSR count). The Bertz CT molecular complexity index is 592. The van der Waals surface area contributed by atoms with Crippen molar-refractivity contribution >= 4 is 17.5 Å². The topological polar surface area (TPSA) is 69.6 Å². The number of hydrogen-bond acceptors (Lipinski definition) is 3. The zero-order valence-corrected chi connectivity index (χ0v) is 14.3. The van der Waals surface area contributed by atoms with Gasteiger partial charge in [0.05, 0.1) is 17.4 Å². The Balaban J connectivity index is 2.20. The molecule has 5 heteroatoms. The average molecular weight is 318 g/mol. The summed E-state index contributed by atoms with van der Waals surface area (Å²) in [5.41, 5.74) is 0.449.